The molecule has 0 spiro atoms. The average molecular weight is 533 g/mol. The molecule has 0 radical (unpaired) electrons. The molecule has 38 heavy (non-hydrogen) atoms. The fourth-order valence-corrected chi connectivity index (χ4v) is 5.22. The maximum atomic E-state index is 11.6. The van der Waals surface area contributed by atoms with Gasteiger partial charge < -0.3 is 19.3 Å². The Morgan fingerprint density at radius 3 is 2.63 bits per heavy atom. The zero-order chi connectivity index (χ0) is 26.6. The highest BCUT2D eigenvalue weighted by Crippen LogP contribution is 2.38. The normalized spacial score (nSPS) is 14.1. The predicted molar refractivity (Wildman–Crippen MR) is 141 cm³/mol. The topological polar surface area (TPSA) is 139 Å². The van der Waals surface area contributed by atoms with E-state index in [1.807, 2.05) is 12.1 Å². The van der Waals surface area contributed by atoms with Crippen LogP contribution in [0.3, 0.4) is 0 Å². The van der Waals surface area contributed by atoms with Gasteiger partial charge in [0.25, 0.3) is 5.91 Å². The first-order valence-corrected chi connectivity index (χ1v) is 12.4. The number of nitrogens with zero attached hydrogens (tertiary/aromatic N) is 7. The van der Waals surface area contributed by atoms with Crippen molar-refractivity contribution in [3.05, 3.63) is 47.2 Å². The highest BCUT2D eigenvalue weighted by atomic mass is 32.1. The minimum absolute atomic E-state index is 0.120. The second-order valence-corrected chi connectivity index (χ2v) is 9.40. The molecule has 0 saturated carbocycles. The van der Waals surface area contributed by atoms with Crippen LogP contribution < -0.4 is 20.0 Å². The number of ether oxygens (including phenoxy) is 2. The summed E-state index contributed by atoms with van der Waals surface area (Å²) in [5.41, 5.74) is 3.21. The number of thiophene rings is 1. The lowest BCUT2D eigenvalue weighted by Crippen LogP contribution is -2.36. The number of fused-ring (bicyclic) bond motifs is 1. The number of carbonyl (C=O) groups is 1. The number of methoxy groups -OCH3 is 1. The van der Waals surface area contributed by atoms with Gasteiger partial charge in [-0.3, -0.25) is 10.0 Å². The Morgan fingerprint density at radius 1 is 1.24 bits per heavy atom. The Morgan fingerprint density at radius 2 is 2.00 bits per heavy atom. The Hall–Kier alpha value is -4.38. The molecule has 5 heterocycles. The second kappa shape index (κ2) is 10.9. The summed E-state index contributed by atoms with van der Waals surface area (Å²) in [6.07, 6.45) is 10.3. The van der Waals surface area contributed by atoms with Crippen molar-refractivity contribution >= 4 is 39.2 Å². The minimum Gasteiger partial charge on any atom is -0.481 e. The number of hydrogen-bond donors (Lipinski definition) is 2. The average Bonchev–Trinajstić information content (AvgIpc) is 3.41. The van der Waals surface area contributed by atoms with Crippen LogP contribution in [0.4, 0.5) is 11.8 Å². The van der Waals surface area contributed by atoms with Crippen LogP contribution in [-0.2, 0) is 4.74 Å². The van der Waals surface area contributed by atoms with Crippen LogP contribution in [0.1, 0.15) is 21.3 Å². The van der Waals surface area contributed by atoms with Gasteiger partial charge in [-0.15, -0.1) is 17.8 Å². The third-order valence-electron chi connectivity index (χ3n) is 6.02. The van der Waals surface area contributed by atoms with Crippen molar-refractivity contribution < 1.29 is 19.5 Å². The van der Waals surface area contributed by atoms with E-state index in [0.29, 0.717) is 44.0 Å². The second-order valence-electron chi connectivity index (χ2n) is 8.32. The number of hydroxylamine groups is 1. The molecule has 1 amide bonds. The number of morpholine rings is 1. The summed E-state index contributed by atoms with van der Waals surface area (Å²) in [4.78, 5) is 38.9. The van der Waals surface area contributed by atoms with Crippen LogP contribution in [0.25, 0.3) is 21.6 Å². The van der Waals surface area contributed by atoms with Crippen molar-refractivity contribution in [3.63, 3.8) is 0 Å². The van der Waals surface area contributed by atoms with Gasteiger partial charge in [-0.25, -0.2) is 30.4 Å². The van der Waals surface area contributed by atoms with Crippen LogP contribution in [0.15, 0.2) is 36.8 Å². The first-order chi connectivity index (χ1) is 18.5. The summed E-state index contributed by atoms with van der Waals surface area (Å²) in [5, 5.41) is 8.82. The molecule has 4 aromatic rings. The standard InChI is InChI=1S/C25H24N8O4S/c1-4-18(32(2)25-27-13-16(14-28-25)24(34)31-35)19-11-17-21(38-19)23(33-7-9-37-10-8-33)30-22(29-17)15-5-6-20(36-3)26-12-15/h1,5-6,11-14,18,35H,7-10H2,2-3H3,(H,31,34). The molecule has 1 fully saturated rings. The lowest BCUT2D eigenvalue weighted by atomic mass is 10.2. The van der Waals surface area contributed by atoms with Gasteiger partial charge in [0.05, 0.1) is 36.1 Å². The Bertz CT molecular complexity index is 1480. The van der Waals surface area contributed by atoms with E-state index >= 15 is 0 Å². The van der Waals surface area contributed by atoms with Crippen molar-refractivity contribution in [2.45, 2.75) is 6.04 Å². The van der Waals surface area contributed by atoms with Gasteiger partial charge in [-0.05, 0) is 12.1 Å². The van der Waals surface area contributed by atoms with E-state index in [0.717, 1.165) is 26.5 Å². The van der Waals surface area contributed by atoms with Gasteiger partial charge in [0.1, 0.15) is 6.04 Å². The molecule has 1 aliphatic rings. The van der Waals surface area contributed by atoms with E-state index in [1.165, 1.54) is 23.7 Å². The smallest absolute Gasteiger partial charge is 0.277 e. The van der Waals surface area contributed by atoms with E-state index in [-0.39, 0.29) is 5.56 Å². The van der Waals surface area contributed by atoms with Crippen LogP contribution >= 0.6 is 11.3 Å². The highest BCUT2D eigenvalue weighted by Gasteiger charge is 2.25. The zero-order valence-corrected chi connectivity index (χ0v) is 21.5. The number of carbonyl (C=O) groups excluding carboxylic acids is 1. The predicted octanol–water partition coefficient (Wildman–Crippen LogP) is 2.32. The molecule has 1 unspecified atom stereocenters. The SMILES string of the molecule is C#CC(c1cc2nc(-c3ccc(OC)nc3)nc(N3CCOCC3)c2s1)N(C)c1ncc(C(=O)NO)cn1. The number of anilines is 2. The molecule has 1 aliphatic heterocycles. The number of terminal acetylenes is 1. The van der Waals surface area contributed by atoms with Gasteiger partial charge in [0, 0.05) is 55.2 Å². The molecule has 1 atom stereocenters. The lowest BCUT2D eigenvalue weighted by Gasteiger charge is -2.28. The number of hydrogen-bond acceptors (Lipinski definition) is 12. The fourth-order valence-electron chi connectivity index (χ4n) is 4.01. The quantitative estimate of drug-likeness (QED) is 0.206. The van der Waals surface area contributed by atoms with Crippen molar-refractivity contribution in [1.29, 1.82) is 0 Å². The molecule has 2 N–H and O–H groups in total. The van der Waals surface area contributed by atoms with Gasteiger partial charge >= 0.3 is 0 Å². The summed E-state index contributed by atoms with van der Waals surface area (Å²) < 4.78 is 11.6. The molecule has 1 saturated heterocycles. The molecule has 0 aromatic carbocycles. The maximum absolute atomic E-state index is 11.6. The van der Waals surface area contributed by atoms with Crippen molar-refractivity contribution in [2.24, 2.45) is 0 Å². The Labute approximate surface area is 222 Å². The Kier molecular flexibility index (Phi) is 7.27. The number of rotatable bonds is 7. The molecular weight excluding hydrogens is 508 g/mol. The van der Waals surface area contributed by atoms with Crippen LogP contribution in [0.2, 0.25) is 0 Å². The molecule has 5 rings (SSSR count). The third-order valence-corrected chi connectivity index (χ3v) is 7.19. The molecule has 12 nitrogen and oxygen atoms in total. The largest absolute Gasteiger partial charge is 0.481 e. The van der Waals surface area contributed by atoms with Gasteiger partial charge in [-0.1, -0.05) is 5.92 Å². The summed E-state index contributed by atoms with van der Waals surface area (Å²) in [5.74, 6) is 4.31. The fraction of sp³-hybridized carbons (Fsp3) is 0.280. The molecular formula is C25H24N8O4S. The maximum Gasteiger partial charge on any atom is 0.277 e. The van der Waals surface area contributed by atoms with E-state index in [2.05, 4.69) is 25.8 Å². The first kappa shape index (κ1) is 25.3. The molecule has 13 heteroatoms. The van der Waals surface area contributed by atoms with Crippen molar-refractivity contribution in [3.8, 4) is 29.6 Å². The number of aromatic nitrogens is 5. The molecule has 4 aromatic heterocycles. The monoisotopic (exact) mass is 532 g/mol. The van der Waals surface area contributed by atoms with Crippen LogP contribution in [-0.4, -0.2) is 76.5 Å². The van der Waals surface area contributed by atoms with Crippen molar-refractivity contribution in [2.75, 3.05) is 50.3 Å². The Balaban J connectivity index is 1.55. The van der Waals surface area contributed by atoms with Gasteiger partial charge in [0.15, 0.2) is 11.6 Å². The van der Waals surface area contributed by atoms with E-state index < -0.39 is 11.9 Å². The molecule has 0 aliphatic carbocycles. The van der Waals surface area contributed by atoms with E-state index in [9.17, 15) is 4.79 Å². The summed E-state index contributed by atoms with van der Waals surface area (Å²) in [6, 6.07) is 5.10. The number of nitrogens with one attached hydrogen (secondary N) is 1. The van der Waals surface area contributed by atoms with Gasteiger partial charge in [-0.2, -0.15) is 0 Å². The molecule has 0 bridgehead atoms. The number of pyridine rings is 1. The van der Waals surface area contributed by atoms with Crippen molar-refractivity contribution in [1.82, 2.24) is 30.4 Å². The van der Waals surface area contributed by atoms with Crippen LogP contribution in [0, 0.1) is 12.3 Å². The summed E-state index contributed by atoms with van der Waals surface area (Å²) in [7, 11) is 3.34. The molecule has 194 valence electrons. The number of amides is 1. The van der Waals surface area contributed by atoms with Crippen LogP contribution in [0.5, 0.6) is 5.88 Å². The zero-order valence-electron chi connectivity index (χ0n) is 20.7. The lowest BCUT2D eigenvalue weighted by molar-refractivity contribution is 0.0705. The first-order valence-electron chi connectivity index (χ1n) is 11.6. The summed E-state index contributed by atoms with van der Waals surface area (Å²) >= 11 is 1.51. The van der Waals surface area contributed by atoms with E-state index in [4.69, 9.17) is 31.1 Å². The van der Waals surface area contributed by atoms with Gasteiger partial charge in [0.2, 0.25) is 11.8 Å². The third kappa shape index (κ3) is 4.92. The minimum atomic E-state index is -0.700. The summed E-state index contributed by atoms with van der Waals surface area (Å²) in [6.45, 7) is 2.64. The van der Waals surface area contributed by atoms with E-state index in [1.54, 1.807) is 36.8 Å². The highest BCUT2D eigenvalue weighted by molar-refractivity contribution is 7.19.